The molecule has 0 amide bonds. The van der Waals surface area contributed by atoms with E-state index in [1.54, 1.807) is 0 Å². The Morgan fingerprint density at radius 2 is 2.00 bits per heavy atom. The SMILES string of the molecule is Cn1cc(-c2ccccc2CNCc2cccc(C#N)c2)cn1. The molecule has 0 bridgehead atoms. The molecule has 3 aromatic rings. The standard InChI is InChI=1S/C19H18N4/c1-23-14-18(13-22-23)19-8-3-2-7-17(19)12-21-11-16-6-4-5-15(9-16)10-20/h2-9,13-14,21H,11-12H2,1H3. The van der Waals surface area contributed by atoms with Crippen LogP contribution in [0.3, 0.4) is 0 Å². The Bertz CT molecular complexity index is 842. The highest BCUT2D eigenvalue weighted by atomic mass is 15.2. The van der Waals surface area contributed by atoms with Gasteiger partial charge in [-0.1, -0.05) is 36.4 Å². The van der Waals surface area contributed by atoms with E-state index in [4.69, 9.17) is 5.26 Å². The Morgan fingerprint density at radius 1 is 1.13 bits per heavy atom. The van der Waals surface area contributed by atoms with Gasteiger partial charge in [-0.25, -0.2) is 0 Å². The first-order valence-corrected chi connectivity index (χ1v) is 7.53. The van der Waals surface area contributed by atoms with Gasteiger partial charge < -0.3 is 5.32 Å². The van der Waals surface area contributed by atoms with Gasteiger partial charge in [0.05, 0.1) is 17.8 Å². The van der Waals surface area contributed by atoms with Crippen LogP contribution >= 0.6 is 0 Å². The summed E-state index contributed by atoms with van der Waals surface area (Å²) in [7, 11) is 1.92. The van der Waals surface area contributed by atoms with Crippen LogP contribution in [0.4, 0.5) is 0 Å². The molecule has 0 aliphatic rings. The number of aryl methyl sites for hydroxylation is 1. The van der Waals surface area contributed by atoms with Crippen LogP contribution in [-0.2, 0) is 20.1 Å². The molecule has 0 aliphatic heterocycles. The maximum Gasteiger partial charge on any atom is 0.0991 e. The minimum Gasteiger partial charge on any atom is -0.309 e. The summed E-state index contributed by atoms with van der Waals surface area (Å²) in [6.07, 6.45) is 3.91. The average Bonchev–Trinajstić information content (AvgIpc) is 3.02. The van der Waals surface area contributed by atoms with Crippen molar-refractivity contribution < 1.29 is 0 Å². The first-order chi connectivity index (χ1) is 11.3. The zero-order valence-corrected chi connectivity index (χ0v) is 13.0. The molecule has 0 unspecified atom stereocenters. The van der Waals surface area contributed by atoms with Crippen molar-refractivity contribution >= 4 is 0 Å². The Kier molecular flexibility index (Phi) is 4.51. The summed E-state index contributed by atoms with van der Waals surface area (Å²) in [6, 6.07) is 18.2. The fourth-order valence-electron chi connectivity index (χ4n) is 2.61. The molecule has 0 saturated carbocycles. The molecule has 3 rings (SSSR count). The van der Waals surface area contributed by atoms with Gasteiger partial charge in [0.1, 0.15) is 0 Å². The van der Waals surface area contributed by atoms with Crippen LogP contribution < -0.4 is 5.32 Å². The Labute approximate surface area is 136 Å². The highest BCUT2D eigenvalue weighted by molar-refractivity contribution is 5.65. The van der Waals surface area contributed by atoms with Crippen LogP contribution in [0.5, 0.6) is 0 Å². The molecule has 114 valence electrons. The fourth-order valence-corrected chi connectivity index (χ4v) is 2.61. The van der Waals surface area contributed by atoms with Crippen LogP contribution in [0.1, 0.15) is 16.7 Å². The van der Waals surface area contributed by atoms with Gasteiger partial charge in [0, 0.05) is 31.9 Å². The monoisotopic (exact) mass is 302 g/mol. The van der Waals surface area contributed by atoms with Crippen molar-refractivity contribution in [2.45, 2.75) is 13.1 Å². The van der Waals surface area contributed by atoms with Gasteiger partial charge in [-0.15, -0.1) is 0 Å². The number of rotatable bonds is 5. The number of nitrogens with one attached hydrogen (secondary N) is 1. The molecule has 4 nitrogen and oxygen atoms in total. The molecule has 1 aromatic heterocycles. The predicted octanol–water partition coefficient (Wildman–Crippen LogP) is 3.25. The van der Waals surface area contributed by atoms with Gasteiger partial charge in [0.15, 0.2) is 0 Å². The highest BCUT2D eigenvalue weighted by Crippen LogP contribution is 2.22. The summed E-state index contributed by atoms with van der Waals surface area (Å²) >= 11 is 0. The number of nitriles is 1. The van der Waals surface area contributed by atoms with Crippen LogP contribution in [0.25, 0.3) is 11.1 Å². The molecular weight excluding hydrogens is 284 g/mol. The third kappa shape index (κ3) is 3.65. The van der Waals surface area contributed by atoms with Crippen LogP contribution in [0.15, 0.2) is 60.9 Å². The second-order valence-corrected chi connectivity index (χ2v) is 5.48. The first kappa shape index (κ1) is 15.0. The highest BCUT2D eigenvalue weighted by Gasteiger charge is 2.06. The van der Waals surface area contributed by atoms with E-state index in [2.05, 4.69) is 28.6 Å². The van der Waals surface area contributed by atoms with Crippen molar-refractivity contribution in [3.8, 4) is 17.2 Å². The second-order valence-electron chi connectivity index (χ2n) is 5.48. The summed E-state index contributed by atoms with van der Waals surface area (Å²) in [5.74, 6) is 0. The molecule has 0 saturated heterocycles. The van der Waals surface area contributed by atoms with Gasteiger partial charge in [-0.2, -0.15) is 10.4 Å². The van der Waals surface area contributed by atoms with Crippen molar-refractivity contribution in [3.05, 3.63) is 77.6 Å². The molecule has 0 atom stereocenters. The third-order valence-corrected chi connectivity index (χ3v) is 3.73. The fraction of sp³-hybridized carbons (Fsp3) is 0.158. The number of nitrogens with zero attached hydrogens (tertiary/aromatic N) is 3. The maximum absolute atomic E-state index is 8.95. The minimum atomic E-state index is 0.695. The minimum absolute atomic E-state index is 0.695. The summed E-state index contributed by atoms with van der Waals surface area (Å²) in [5.41, 5.74) is 5.36. The van der Waals surface area contributed by atoms with Gasteiger partial charge >= 0.3 is 0 Å². The molecule has 23 heavy (non-hydrogen) atoms. The topological polar surface area (TPSA) is 53.6 Å². The molecule has 2 aromatic carbocycles. The lowest BCUT2D eigenvalue weighted by Crippen LogP contribution is -2.13. The van der Waals surface area contributed by atoms with E-state index >= 15 is 0 Å². The number of aromatic nitrogens is 2. The quantitative estimate of drug-likeness (QED) is 0.787. The molecule has 0 fully saturated rings. The summed E-state index contributed by atoms with van der Waals surface area (Å²) in [5, 5.41) is 16.6. The lowest BCUT2D eigenvalue weighted by Gasteiger charge is -2.10. The van der Waals surface area contributed by atoms with Crippen molar-refractivity contribution in [2.75, 3.05) is 0 Å². The number of hydrogen-bond donors (Lipinski definition) is 1. The van der Waals surface area contributed by atoms with E-state index < -0.39 is 0 Å². The molecule has 0 radical (unpaired) electrons. The van der Waals surface area contributed by atoms with Crippen molar-refractivity contribution in [1.82, 2.24) is 15.1 Å². The van der Waals surface area contributed by atoms with Gasteiger partial charge in [0.25, 0.3) is 0 Å². The molecular formula is C19H18N4. The lowest BCUT2D eigenvalue weighted by molar-refractivity contribution is 0.694. The van der Waals surface area contributed by atoms with Crippen LogP contribution in [0.2, 0.25) is 0 Å². The molecule has 4 heteroatoms. The lowest BCUT2D eigenvalue weighted by atomic mass is 10.0. The van der Waals surface area contributed by atoms with Gasteiger partial charge in [-0.05, 0) is 28.8 Å². The number of benzene rings is 2. The first-order valence-electron chi connectivity index (χ1n) is 7.53. The van der Waals surface area contributed by atoms with E-state index in [0.29, 0.717) is 5.56 Å². The molecule has 1 N–H and O–H groups in total. The van der Waals surface area contributed by atoms with E-state index in [-0.39, 0.29) is 0 Å². The van der Waals surface area contributed by atoms with Crippen molar-refractivity contribution in [1.29, 1.82) is 5.26 Å². The van der Waals surface area contributed by atoms with E-state index in [0.717, 1.165) is 24.2 Å². The van der Waals surface area contributed by atoms with E-state index in [1.807, 2.05) is 60.5 Å². The Morgan fingerprint density at radius 3 is 2.78 bits per heavy atom. The maximum atomic E-state index is 8.95. The zero-order chi connectivity index (χ0) is 16.1. The predicted molar refractivity (Wildman–Crippen MR) is 90.3 cm³/mol. The zero-order valence-electron chi connectivity index (χ0n) is 13.0. The molecule has 1 heterocycles. The van der Waals surface area contributed by atoms with Crippen LogP contribution in [-0.4, -0.2) is 9.78 Å². The summed E-state index contributed by atoms with van der Waals surface area (Å²) < 4.78 is 1.81. The third-order valence-electron chi connectivity index (χ3n) is 3.73. The Balaban J connectivity index is 1.70. The van der Waals surface area contributed by atoms with Crippen molar-refractivity contribution in [3.63, 3.8) is 0 Å². The second kappa shape index (κ2) is 6.91. The Hall–Kier alpha value is -2.90. The summed E-state index contributed by atoms with van der Waals surface area (Å²) in [4.78, 5) is 0. The summed E-state index contributed by atoms with van der Waals surface area (Å²) in [6.45, 7) is 1.50. The smallest absolute Gasteiger partial charge is 0.0991 e. The van der Waals surface area contributed by atoms with Gasteiger partial charge in [0.2, 0.25) is 0 Å². The molecule has 0 spiro atoms. The van der Waals surface area contributed by atoms with Crippen LogP contribution in [0, 0.1) is 11.3 Å². The normalized spacial score (nSPS) is 10.4. The average molecular weight is 302 g/mol. The van der Waals surface area contributed by atoms with E-state index in [1.165, 1.54) is 11.1 Å². The van der Waals surface area contributed by atoms with Gasteiger partial charge in [-0.3, -0.25) is 4.68 Å². The number of hydrogen-bond acceptors (Lipinski definition) is 3. The molecule has 0 aliphatic carbocycles. The van der Waals surface area contributed by atoms with Crippen molar-refractivity contribution in [2.24, 2.45) is 7.05 Å². The van der Waals surface area contributed by atoms with E-state index in [9.17, 15) is 0 Å². The largest absolute Gasteiger partial charge is 0.309 e.